The van der Waals surface area contributed by atoms with E-state index in [4.69, 9.17) is 4.74 Å². The first-order chi connectivity index (χ1) is 12.1. The number of hydrogen-bond donors (Lipinski definition) is 1. The number of carbonyl (C=O) groups excluding carboxylic acids is 1. The number of carbonyl (C=O) groups is 1. The quantitative estimate of drug-likeness (QED) is 0.662. The number of thioether (sulfide) groups is 1. The van der Waals surface area contributed by atoms with Gasteiger partial charge in [0.2, 0.25) is 5.91 Å². The van der Waals surface area contributed by atoms with Crippen molar-refractivity contribution >= 4 is 39.4 Å². The van der Waals surface area contributed by atoms with Crippen molar-refractivity contribution in [3.8, 4) is 5.75 Å². The standard InChI is InChI=1S/C16H16N4O3S2/c1-23-11-5-3-4-10(6-11)7-17-12(21)8-20-9-18-14-13(15(20)22)25-16(19-14)24-2/h3-6,9H,7-8H2,1-2H3,(H,17,21). The van der Waals surface area contributed by atoms with Gasteiger partial charge in [0.15, 0.2) is 9.99 Å². The van der Waals surface area contributed by atoms with Gasteiger partial charge >= 0.3 is 0 Å². The molecule has 3 rings (SSSR count). The van der Waals surface area contributed by atoms with Crippen molar-refractivity contribution in [2.75, 3.05) is 13.4 Å². The molecule has 0 atom stereocenters. The molecule has 7 nitrogen and oxygen atoms in total. The molecule has 25 heavy (non-hydrogen) atoms. The molecule has 9 heteroatoms. The lowest BCUT2D eigenvalue weighted by Crippen LogP contribution is -2.31. The second kappa shape index (κ2) is 7.66. The Kier molecular flexibility index (Phi) is 5.34. The normalized spacial score (nSPS) is 10.8. The number of amides is 1. The van der Waals surface area contributed by atoms with Crippen molar-refractivity contribution in [1.82, 2.24) is 19.9 Å². The third kappa shape index (κ3) is 3.99. The number of rotatable bonds is 6. The van der Waals surface area contributed by atoms with Crippen LogP contribution in [0.1, 0.15) is 5.56 Å². The zero-order valence-corrected chi connectivity index (χ0v) is 15.3. The Labute approximate surface area is 152 Å². The van der Waals surface area contributed by atoms with E-state index < -0.39 is 0 Å². The molecule has 2 aromatic heterocycles. The Morgan fingerprint density at radius 2 is 2.28 bits per heavy atom. The fraction of sp³-hybridized carbons (Fsp3) is 0.250. The minimum atomic E-state index is -0.263. The molecule has 0 aliphatic heterocycles. The number of nitrogens with zero attached hydrogens (tertiary/aromatic N) is 3. The zero-order chi connectivity index (χ0) is 17.8. The number of fused-ring (bicyclic) bond motifs is 1. The van der Waals surface area contributed by atoms with Crippen LogP contribution < -0.4 is 15.6 Å². The summed E-state index contributed by atoms with van der Waals surface area (Å²) in [7, 11) is 1.59. The third-order valence-electron chi connectivity index (χ3n) is 3.48. The summed E-state index contributed by atoms with van der Waals surface area (Å²) in [4.78, 5) is 33.0. The molecule has 0 aliphatic rings. The van der Waals surface area contributed by atoms with E-state index in [-0.39, 0.29) is 18.0 Å². The molecule has 1 amide bonds. The van der Waals surface area contributed by atoms with E-state index in [1.165, 1.54) is 34.0 Å². The smallest absolute Gasteiger partial charge is 0.273 e. The lowest BCUT2D eigenvalue weighted by molar-refractivity contribution is -0.121. The molecule has 2 heterocycles. The predicted molar refractivity (Wildman–Crippen MR) is 98.3 cm³/mol. The second-order valence-electron chi connectivity index (χ2n) is 5.14. The van der Waals surface area contributed by atoms with E-state index >= 15 is 0 Å². The van der Waals surface area contributed by atoms with Gasteiger partial charge in [-0.15, -0.1) is 11.3 Å². The summed E-state index contributed by atoms with van der Waals surface area (Å²) >= 11 is 2.75. The fourth-order valence-corrected chi connectivity index (χ4v) is 3.68. The van der Waals surface area contributed by atoms with Crippen LogP contribution >= 0.6 is 23.1 Å². The number of nitrogens with one attached hydrogen (secondary N) is 1. The minimum Gasteiger partial charge on any atom is -0.497 e. The van der Waals surface area contributed by atoms with Gasteiger partial charge in [-0.1, -0.05) is 23.9 Å². The van der Waals surface area contributed by atoms with Crippen molar-refractivity contribution in [2.24, 2.45) is 0 Å². The van der Waals surface area contributed by atoms with Crippen LogP contribution in [0.4, 0.5) is 0 Å². The third-order valence-corrected chi connectivity index (χ3v) is 5.49. The van der Waals surface area contributed by atoms with Crippen molar-refractivity contribution < 1.29 is 9.53 Å². The number of benzene rings is 1. The van der Waals surface area contributed by atoms with Gasteiger partial charge < -0.3 is 10.1 Å². The average Bonchev–Trinajstić information content (AvgIpc) is 3.07. The van der Waals surface area contributed by atoms with Crippen LogP contribution in [-0.2, 0) is 17.9 Å². The first kappa shape index (κ1) is 17.4. The van der Waals surface area contributed by atoms with E-state index in [1.54, 1.807) is 7.11 Å². The number of methoxy groups -OCH3 is 1. The summed E-state index contributed by atoms with van der Waals surface area (Å²) in [6.07, 6.45) is 3.25. The van der Waals surface area contributed by atoms with Crippen molar-refractivity contribution in [2.45, 2.75) is 17.4 Å². The molecule has 0 saturated heterocycles. The number of hydrogen-bond acceptors (Lipinski definition) is 7. The molecule has 1 N–H and O–H groups in total. The predicted octanol–water partition coefficient (Wildman–Crippen LogP) is 1.90. The van der Waals surface area contributed by atoms with E-state index in [2.05, 4.69) is 15.3 Å². The fourth-order valence-electron chi connectivity index (χ4n) is 2.22. The molecule has 1 aromatic carbocycles. The van der Waals surface area contributed by atoms with Crippen LogP contribution in [0.2, 0.25) is 0 Å². The van der Waals surface area contributed by atoms with Crippen LogP contribution in [0, 0.1) is 0 Å². The van der Waals surface area contributed by atoms with Crippen LogP contribution in [0.3, 0.4) is 0 Å². The summed E-state index contributed by atoms with van der Waals surface area (Å²) in [5.74, 6) is 0.466. The molecule has 0 aliphatic carbocycles. The Morgan fingerprint density at radius 3 is 3.04 bits per heavy atom. The van der Waals surface area contributed by atoms with Crippen LogP contribution in [-0.4, -0.2) is 33.8 Å². The van der Waals surface area contributed by atoms with Crippen molar-refractivity contribution in [3.63, 3.8) is 0 Å². The molecule has 0 radical (unpaired) electrons. The van der Waals surface area contributed by atoms with Gasteiger partial charge in [0.05, 0.1) is 7.11 Å². The Morgan fingerprint density at radius 1 is 1.44 bits per heavy atom. The highest BCUT2D eigenvalue weighted by molar-refractivity contribution is 8.00. The molecule has 0 spiro atoms. The Bertz CT molecular complexity index is 967. The van der Waals surface area contributed by atoms with Gasteiger partial charge in [0.1, 0.15) is 23.3 Å². The Balaban J connectivity index is 1.69. The minimum absolute atomic E-state index is 0.0851. The van der Waals surface area contributed by atoms with Crippen LogP contribution in [0.5, 0.6) is 5.75 Å². The summed E-state index contributed by atoms with van der Waals surface area (Å²) in [5, 5.41) is 2.79. The molecule has 0 fully saturated rings. The van der Waals surface area contributed by atoms with Crippen molar-refractivity contribution in [1.29, 1.82) is 0 Å². The van der Waals surface area contributed by atoms with E-state index in [0.29, 0.717) is 16.9 Å². The average molecular weight is 376 g/mol. The van der Waals surface area contributed by atoms with E-state index in [0.717, 1.165) is 15.7 Å². The molecular weight excluding hydrogens is 360 g/mol. The highest BCUT2D eigenvalue weighted by Gasteiger charge is 2.12. The van der Waals surface area contributed by atoms with Gasteiger partial charge in [-0.05, 0) is 24.0 Å². The number of aromatic nitrogens is 3. The molecule has 0 saturated carbocycles. The topological polar surface area (TPSA) is 86.1 Å². The number of ether oxygens (including phenoxy) is 1. The summed E-state index contributed by atoms with van der Waals surface area (Å²) in [6.45, 7) is 0.274. The highest BCUT2D eigenvalue weighted by Crippen LogP contribution is 2.24. The lowest BCUT2D eigenvalue weighted by Gasteiger charge is -2.08. The van der Waals surface area contributed by atoms with E-state index in [1.807, 2.05) is 30.5 Å². The molecule has 130 valence electrons. The molecular formula is C16H16N4O3S2. The maximum Gasteiger partial charge on any atom is 0.273 e. The second-order valence-corrected chi connectivity index (χ2v) is 7.19. The van der Waals surface area contributed by atoms with E-state index in [9.17, 15) is 9.59 Å². The van der Waals surface area contributed by atoms with Gasteiger partial charge in [0.25, 0.3) is 5.56 Å². The monoisotopic (exact) mass is 376 g/mol. The summed E-state index contributed by atoms with van der Waals surface area (Å²) in [5.41, 5.74) is 1.09. The van der Waals surface area contributed by atoms with Crippen LogP contribution in [0.15, 0.2) is 39.7 Å². The zero-order valence-electron chi connectivity index (χ0n) is 13.7. The highest BCUT2D eigenvalue weighted by atomic mass is 32.2. The summed E-state index contributed by atoms with van der Waals surface area (Å²) in [6, 6.07) is 7.44. The molecule has 3 aromatic rings. The van der Waals surface area contributed by atoms with Gasteiger partial charge in [-0.3, -0.25) is 14.2 Å². The number of thiazole rings is 1. The van der Waals surface area contributed by atoms with Crippen LogP contribution in [0.25, 0.3) is 10.3 Å². The first-order valence-corrected chi connectivity index (χ1v) is 9.44. The van der Waals surface area contributed by atoms with Gasteiger partial charge in [-0.2, -0.15) is 0 Å². The first-order valence-electron chi connectivity index (χ1n) is 7.40. The molecule has 0 unspecified atom stereocenters. The van der Waals surface area contributed by atoms with Gasteiger partial charge in [0, 0.05) is 6.54 Å². The molecule has 0 bridgehead atoms. The maximum absolute atomic E-state index is 12.4. The maximum atomic E-state index is 12.4. The SMILES string of the molecule is COc1cccc(CNC(=O)Cn2cnc3nc(SC)sc3c2=O)c1. The van der Waals surface area contributed by atoms with Crippen molar-refractivity contribution in [3.05, 3.63) is 46.5 Å². The largest absolute Gasteiger partial charge is 0.497 e. The summed E-state index contributed by atoms with van der Waals surface area (Å²) < 4.78 is 7.69. The Hall–Kier alpha value is -2.39. The van der Waals surface area contributed by atoms with Gasteiger partial charge in [-0.25, -0.2) is 9.97 Å². The lowest BCUT2D eigenvalue weighted by atomic mass is 10.2.